The third kappa shape index (κ3) is 5.53. The molecule has 0 bridgehead atoms. The SMILES string of the molecule is c1ccc(-c2ccccc2N(c2ccc3oc4ccccc4c3c2)c2ccc3c4ccccc4c4ccccc4c4ccccc4c4c(ccc5c6ccccc6oc54)c3c2)cc1. The monoisotopic (exact) mass is 803 g/mol. The van der Waals surface area contributed by atoms with Gasteiger partial charge in [-0.15, -0.1) is 0 Å². The van der Waals surface area contributed by atoms with E-state index in [4.69, 9.17) is 8.83 Å². The molecule has 0 radical (unpaired) electrons. The Morgan fingerprint density at radius 2 is 0.698 bits per heavy atom. The summed E-state index contributed by atoms with van der Waals surface area (Å²) in [5.74, 6) is 0. The highest BCUT2D eigenvalue weighted by molar-refractivity contribution is 6.31. The van der Waals surface area contributed by atoms with Gasteiger partial charge in [-0.1, -0.05) is 170 Å². The molecule has 0 aliphatic rings. The molecule has 0 saturated heterocycles. The minimum absolute atomic E-state index is 0.862. The largest absolute Gasteiger partial charge is 0.456 e. The van der Waals surface area contributed by atoms with Crippen molar-refractivity contribution < 1.29 is 8.83 Å². The Bertz CT molecular complexity index is 4050. The van der Waals surface area contributed by atoms with Crippen LogP contribution in [0.5, 0.6) is 0 Å². The summed E-state index contributed by atoms with van der Waals surface area (Å²) >= 11 is 0. The van der Waals surface area contributed by atoms with Gasteiger partial charge in [0, 0.05) is 43.9 Å². The first kappa shape index (κ1) is 35.4. The summed E-state index contributed by atoms with van der Waals surface area (Å²) in [6, 6.07) is 80.8. The molecular weight excluding hydrogens is 767 g/mol. The number of fused-ring (bicyclic) bond motifs is 17. The lowest BCUT2D eigenvalue weighted by Gasteiger charge is -2.28. The fourth-order valence-corrected chi connectivity index (χ4v) is 10.1. The fourth-order valence-electron chi connectivity index (χ4n) is 10.1. The summed E-state index contributed by atoms with van der Waals surface area (Å²) in [6.07, 6.45) is 0. The van der Waals surface area contributed by atoms with Gasteiger partial charge in [0.1, 0.15) is 22.3 Å². The molecule has 11 aromatic carbocycles. The van der Waals surface area contributed by atoms with Gasteiger partial charge in [0.05, 0.1) is 5.69 Å². The van der Waals surface area contributed by atoms with Crippen LogP contribution in [0.2, 0.25) is 0 Å². The average molecular weight is 804 g/mol. The predicted octanol–water partition coefficient (Wildman–Crippen LogP) is 17.5. The molecule has 0 aliphatic carbocycles. The van der Waals surface area contributed by atoms with E-state index >= 15 is 0 Å². The Hall–Kier alpha value is -8.40. The van der Waals surface area contributed by atoms with E-state index in [1.165, 1.54) is 21.5 Å². The molecule has 3 heteroatoms. The first-order chi connectivity index (χ1) is 31.3. The third-order valence-corrected chi connectivity index (χ3v) is 12.9. The summed E-state index contributed by atoms with van der Waals surface area (Å²) in [5.41, 5.74) is 8.91. The minimum Gasteiger partial charge on any atom is -0.456 e. The number of furan rings is 2. The van der Waals surface area contributed by atoms with Gasteiger partial charge >= 0.3 is 0 Å². The summed E-state index contributed by atoms with van der Waals surface area (Å²) in [5, 5.41) is 15.8. The van der Waals surface area contributed by atoms with Crippen LogP contribution in [0.15, 0.2) is 233 Å². The fraction of sp³-hybridized carbons (Fsp3) is 0. The van der Waals surface area contributed by atoms with Crippen molar-refractivity contribution in [3.63, 3.8) is 0 Å². The standard InChI is InChI=1S/C60H37NO2/c1-2-16-38(17-3-1)41-18-10-13-27-55(41)61(40-31-35-58-54(37-40)49-25-12-14-28-56(49)62-58)39-30-32-47-45-22-7-5-20-43(45)42-19-4-6-21-44(42)46-23-8-9-26-50(46)59-51(53(47)36-39)33-34-52-48-24-11-15-29-57(48)63-60(52)59/h1-37H. The Labute approximate surface area is 362 Å². The topological polar surface area (TPSA) is 29.5 Å². The van der Waals surface area contributed by atoms with E-state index in [0.717, 1.165) is 104 Å². The maximum atomic E-state index is 6.98. The molecule has 2 aromatic heterocycles. The summed E-state index contributed by atoms with van der Waals surface area (Å²) in [7, 11) is 0. The zero-order chi connectivity index (χ0) is 41.4. The highest BCUT2D eigenvalue weighted by Crippen LogP contribution is 2.46. The van der Waals surface area contributed by atoms with Crippen LogP contribution in [0, 0.1) is 0 Å². The Kier molecular flexibility index (Phi) is 7.91. The van der Waals surface area contributed by atoms with Crippen LogP contribution in [0.3, 0.4) is 0 Å². The molecule has 0 N–H and O–H groups in total. The van der Waals surface area contributed by atoms with Crippen molar-refractivity contribution in [3.05, 3.63) is 224 Å². The van der Waals surface area contributed by atoms with E-state index in [1.54, 1.807) is 0 Å². The van der Waals surface area contributed by atoms with E-state index in [9.17, 15) is 0 Å². The van der Waals surface area contributed by atoms with E-state index in [1.807, 2.05) is 12.1 Å². The first-order valence-corrected chi connectivity index (χ1v) is 21.5. The number of hydrogen-bond donors (Lipinski definition) is 0. The number of hydrogen-bond acceptors (Lipinski definition) is 3. The zero-order valence-electron chi connectivity index (χ0n) is 34.1. The number of para-hydroxylation sites is 3. The van der Waals surface area contributed by atoms with Gasteiger partial charge in [0.15, 0.2) is 0 Å². The van der Waals surface area contributed by atoms with Gasteiger partial charge in [-0.25, -0.2) is 0 Å². The van der Waals surface area contributed by atoms with E-state index < -0.39 is 0 Å². The Morgan fingerprint density at radius 3 is 1.38 bits per heavy atom. The van der Waals surface area contributed by atoms with Gasteiger partial charge in [-0.2, -0.15) is 0 Å². The smallest absolute Gasteiger partial charge is 0.143 e. The van der Waals surface area contributed by atoms with E-state index in [-0.39, 0.29) is 0 Å². The number of nitrogens with zero attached hydrogens (tertiary/aromatic N) is 1. The van der Waals surface area contributed by atoms with Crippen molar-refractivity contribution in [2.24, 2.45) is 0 Å². The van der Waals surface area contributed by atoms with Crippen LogP contribution in [0.25, 0.3) is 109 Å². The second-order valence-electron chi connectivity index (χ2n) is 16.3. The lowest BCUT2D eigenvalue weighted by molar-refractivity contribution is 0.669. The minimum atomic E-state index is 0.862. The number of benzene rings is 10. The van der Waals surface area contributed by atoms with Crippen LogP contribution < -0.4 is 4.90 Å². The third-order valence-electron chi connectivity index (χ3n) is 12.9. The average Bonchev–Trinajstić information content (AvgIpc) is 3.92. The second kappa shape index (κ2) is 14.1. The summed E-state index contributed by atoms with van der Waals surface area (Å²) in [4.78, 5) is 2.41. The van der Waals surface area contributed by atoms with Crippen molar-refractivity contribution in [3.8, 4) is 11.1 Å². The second-order valence-corrected chi connectivity index (χ2v) is 16.3. The van der Waals surface area contributed by atoms with Crippen molar-refractivity contribution in [2.75, 3.05) is 4.90 Å². The van der Waals surface area contributed by atoms with Crippen LogP contribution in [0.4, 0.5) is 17.1 Å². The molecule has 63 heavy (non-hydrogen) atoms. The molecule has 0 spiro atoms. The lowest BCUT2D eigenvalue weighted by atomic mass is 9.93. The van der Waals surface area contributed by atoms with Crippen molar-refractivity contribution in [2.45, 2.75) is 0 Å². The molecule has 0 amide bonds. The highest BCUT2D eigenvalue weighted by atomic mass is 16.3. The van der Waals surface area contributed by atoms with E-state index in [0.29, 0.717) is 0 Å². The van der Waals surface area contributed by atoms with E-state index in [2.05, 4.69) is 217 Å². The molecular formula is C60H37NO2. The van der Waals surface area contributed by atoms with Crippen LogP contribution in [-0.4, -0.2) is 0 Å². The Morgan fingerprint density at radius 1 is 0.270 bits per heavy atom. The van der Waals surface area contributed by atoms with Crippen molar-refractivity contribution in [1.82, 2.24) is 0 Å². The van der Waals surface area contributed by atoms with Crippen LogP contribution in [0.1, 0.15) is 0 Å². The van der Waals surface area contributed by atoms with Gasteiger partial charge < -0.3 is 13.7 Å². The van der Waals surface area contributed by atoms with Crippen molar-refractivity contribution >= 4 is 115 Å². The van der Waals surface area contributed by atoms with Gasteiger partial charge in [-0.3, -0.25) is 0 Å². The summed E-state index contributed by atoms with van der Waals surface area (Å²) in [6.45, 7) is 0. The number of rotatable bonds is 4. The first-order valence-electron chi connectivity index (χ1n) is 21.5. The quantitative estimate of drug-likeness (QED) is 0.177. The maximum Gasteiger partial charge on any atom is 0.143 e. The van der Waals surface area contributed by atoms with Crippen LogP contribution >= 0.6 is 0 Å². The molecule has 0 fully saturated rings. The normalized spacial score (nSPS) is 11.8. The van der Waals surface area contributed by atoms with Gasteiger partial charge in [-0.05, 0) is 109 Å². The molecule has 13 rings (SSSR count). The summed E-state index contributed by atoms with van der Waals surface area (Å²) < 4.78 is 13.3. The zero-order valence-corrected chi connectivity index (χ0v) is 34.1. The molecule has 0 aliphatic heterocycles. The molecule has 3 nitrogen and oxygen atoms in total. The van der Waals surface area contributed by atoms with Gasteiger partial charge in [0.2, 0.25) is 0 Å². The van der Waals surface area contributed by atoms with Crippen LogP contribution in [-0.2, 0) is 0 Å². The molecule has 2 heterocycles. The molecule has 0 unspecified atom stereocenters. The number of anilines is 3. The van der Waals surface area contributed by atoms with Gasteiger partial charge in [0.25, 0.3) is 0 Å². The lowest BCUT2D eigenvalue weighted by Crippen LogP contribution is -2.11. The predicted molar refractivity (Wildman–Crippen MR) is 266 cm³/mol. The molecule has 0 saturated carbocycles. The Balaban J connectivity index is 1.23. The highest BCUT2D eigenvalue weighted by Gasteiger charge is 2.21. The molecule has 0 atom stereocenters. The van der Waals surface area contributed by atoms with Crippen molar-refractivity contribution in [1.29, 1.82) is 0 Å². The molecule has 294 valence electrons. The molecule has 13 aromatic rings. The maximum absolute atomic E-state index is 6.98.